The van der Waals surface area contributed by atoms with Crippen LogP contribution >= 0.6 is 11.8 Å². The minimum absolute atomic E-state index is 0.0390. The van der Waals surface area contributed by atoms with Crippen molar-refractivity contribution >= 4 is 29.2 Å². The molecule has 1 atom stereocenters. The molecule has 0 aliphatic carbocycles. The van der Waals surface area contributed by atoms with Crippen molar-refractivity contribution in [1.82, 2.24) is 10.3 Å². The molecule has 0 saturated heterocycles. The van der Waals surface area contributed by atoms with E-state index in [1.54, 1.807) is 31.2 Å². The Labute approximate surface area is 193 Å². The van der Waals surface area contributed by atoms with Gasteiger partial charge in [0.1, 0.15) is 34.3 Å². The second-order valence-corrected chi connectivity index (χ2v) is 8.02. The third-order valence-corrected chi connectivity index (χ3v) is 5.59. The highest BCUT2D eigenvalue weighted by Gasteiger charge is 2.30. The first-order valence-electron chi connectivity index (χ1n) is 9.68. The smallest absolute Gasteiger partial charge is 0.266 e. The van der Waals surface area contributed by atoms with Gasteiger partial charge in [0, 0.05) is 5.69 Å². The molecule has 11 nitrogen and oxygen atoms in total. The molecule has 168 valence electrons. The highest BCUT2D eigenvalue weighted by Crippen LogP contribution is 2.38. The lowest BCUT2D eigenvalue weighted by Gasteiger charge is -2.15. The lowest BCUT2D eigenvalue weighted by molar-refractivity contribution is -0.730. The summed E-state index contributed by atoms with van der Waals surface area (Å²) in [6, 6.07) is 10.7. The fourth-order valence-electron chi connectivity index (χ4n) is 2.96. The van der Waals surface area contributed by atoms with Crippen LogP contribution in [0.3, 0.4) is 0 Å². The van der Waals surface area contributed by atoms with Crippen LogP contribution in [0, 0.1) is 22.7 Å². The summed E-state index contributed by atoms with van der Waals surface area (Å²) in [5, 5.41) is 37.3. The number of anilines is 2. The first-order valence-corrected chi connectivity index (χ1v) is 10.6. The largest absolute Gasteiger partial charge is 0.539 e. The van der Waals surface area contributed by atoms with Crippen LogP contribution in [0.2, 0.25) is 0 Å². The summed E-state index contributed by atoms with van der Waals surface area (Å²) in [7, 11) is 1.43. The molecule has 0 saturated carbocycles. The Hall–Kier alpha value is -4.29. The zero-order chi connectivity index (χ0) is 24.1. The van der Waals surface area contributed by atoms with Crippen LogP contribution in [0.25, 0.3) is 11.3 Å². The molecule has 0 aliphatic heterocycles. The van der Waals surface area contributed by atoms with Crippen molar-refractivity contribution in [2.24, 2.45) is 7.05 Å². The van der Waals surface area contributed by atoms with E-state index in [1.807, 2.05) is 19.1 Å². The summed E-state index contributed by atoms with van der Waals surface area (Å²) < 4.78 is 11.1. The van der Waals surface area contributed by atoms with Crippen molar-refractivity contribution in [2.45, 2.75) is 24.1 Å². The molecule has 0 radical (unpaired) electrons. The van der Waals surface area contributed by atoms with E-state index < -0.39 is 11.2 Å². The number of aryl methyl sites for hydroxylation is 1. The molecule has 12 heteroatoms. The zero-order valence-electron chi connectivity index (χ0n) is 17.9. The molecule has 1 aromatic carbocycles. The fourth-order valence-corrected chi connectivity index (χ4v) is 3.88. The van der Waals surface area contributed by atoms with Crippen molar-refractivity contribution in [2.75, 3.05) is 17.7 Å². The molecule has 1 amide bonds. The molecule has 1 unspecified atom stereocenters. The van der Waals surface area contributed by atoms with E-state index in [0.29, 0.717) is 18.0 Å². The fraction of sp³-hybridized carbons (Fsp3) is 0.238. The van der Waals surface area contributed by atoms with Gasteiger partial charge in [-0.3, -0.25) is 4.79 Å². The van der Waals surface area contributed by atoms with Crippen LogP contribution in [0.1, 0.15) is 25.0 Å². The number of carbonyl (C=O) groups is 1. The second-order valence-electron chi connectivity index (χ2n) is 6.69. The zero-order valence-corrected chi connectivity index (χ0v) is 18.8. The quantitative estimate of drug-likeness (QED) is 0.383. The molecular weight excluding hydrogens is 446 g/mol. The predicted octanol–water partition coefficient (Wildman–Crippen LogP) is 1.48. The highest BCUT2D eigenvalue weighted by atomic mass is 32.2. The van der Waals surface area contributed by atoms with Gasteiger partial charge in [-0.1, -0.05) is 16.4 Å². The Bertz CT molecular complexity index is 1260. The van der Waals surface area contributed by atoms with E-state index in [9.17, 15) is 20.4 Å². The third kappa shape index (κ3) is 4.81. The monoisotopic (exact) mass is 465 g/mol. The van der Waals surface area contributed by atoms with Gasteiger partial charge in [0.2, 0.25) is 5.91 Å². The number of carbonyl (C=O) groups excluding carboxylic acids is 1. The SMILES string of the molecule is CCOc1ccc(NC(=O)C(C)Sc2nc(N)c(C#N)c(-c3c([O-])on[n+]3C)c2C#N)cc1. The van der Waals surface area contributed by atoms with Gasteiger partial charge in [0.25, 0.3) is 5.69 Å². The molecule has 2 aromatic heterocycles. The van der Waals surface area contributed by atoms with Gasteiger partial charge in [-0.25, -0.2) is 4.98 Å². The number of nitrogens with two attached hydrogens (primary N) is 1. The van der Waals surface area contributed by atoms with Crippen molar-refractivity contribution in [3.8, 4) is 35.1 Å². The average molecular weight is 465 g/mol. The maximum absolute atomic E-state index is 12.7. The standard InChI is InChI=1S/C21H19N7O4S/c1-4-31-13-7-5-12(6-8-13)25-19(29)11(2)33-20-15(10-23)16(14(9-22)18(24)26-20)17-21(30)32-27-28(17)3/h5-8,11H,4H2,1-3H3,(H3-,24,25,26,27,29,30). The van der Waals surface area contributed by atoms with E-state index >= 15 is 0 Å². The maximum atomic E-state index is 12.7. The van der Waals surface area contributed by atoms with Crippen LogP contribution in [0.5, 0.6) is 11.7 Å². The topological polar surface area (TPSA) is 178 Å². The van der Waals surface area contributed by atoms with Crippen molar-refractivity contribution in [3.05, 3.63) is 35.4 Å². The number of nitrogens with zero attached hydrogens (tertiary/aromatic N) is 5. The van der Waals surface area contributed by atoms with Gasteiger partial charge in [-0.2, -0.15) is 10.5 Å². The van der Waals surface area contributed by atoms with Crippen LogP contribution < -0.4 is 25.6 Å². The number of nitriles is 2. The molecule has 3 rings (SSSR count). The van der Waals surface area contributed by atoms with Gasteiger partial charge in [-0.05, 0) is 38.1 Å². The van der Waals surface area contributed by atoms with Crippen molar-refractivity contribution < 1.29 is 23.8 Å². The first-order chi connectivity index (χ1) is 15.8. The molecule has 33 heavy (non-hydrogen) atoms. The summed E-state index contributed by atoms with van der Waals surface area (Å²) in [4.78, 5) is 16.9. The molecule has 0 bridgehead atoms. The number of ether oxygens (including phenoxy) is 1. The number of benzene rings is 1. The van der Waals surface area contributed by atoms with Gasteiger partial charge in [0.15, 0.2) is 13.0 Å². The van der Waals surface area contributed by atoms with Crippen LogP contribution in [-0.2, 0) is 11.8 Å². The minimum atomic E-state index is -0.839. The van der Waals surface area contributed by atoms with Gasteiger partial charge in [-0.15, -0.1) is 0 Å². The predicted molar refractivity (Wildman–Crippen MR) is 116 cm³/mol. The van der Waals surface area contributed by atoms with E-state index in [1.165, 1.54) is 7.05 Å². The third-order valence-electron chi connectivity index (χ3n) is 4.51. The maximum Gasteiger partial charge on any atom is 0.266 e. The number of amides is 1. The molecular formula is C21H19N7O4S. The lowest BCUT2D eigenvalue weighted by Crippen LogP contribution is -2.32. The number of hydrogen-bond donors (Lipinski definition) is 2. The summed E-state index contributed by atoms with van der Waals surface area (Å²) in [6.45, 7) is 4.04. The van der Waals surface area contributed by atoms with Crippen LogP contribution in [-0.4, -0.2) is 28.0 Å². The normalized spacial score (nSPS) is 11.3. The number of thioether (sulfide) groups is 1. The Kier molecular flexibility index (Phi) is 7.00. The summed E-state index contributed by atoms with van der Waals surface area (Å²) >= 11 is 0.968. The van der Waals surface area contributed by atoms with E-state index in [2.05, 4.69) is 20.1 Å². The minimum Gasteiger partial charge on any atom is -0.539 e. The average Bonchev–Trinajstić information content (AvgIpc) is 3.12. The lowest BCUT2D eigenvalue weighted by atomic mass is 10.0. The Morgan fingerprint density at radius 3 is 2.55 bits per heavy atom. The van der Waals surface area contributed by atoms with Gasteiger partial charge >= 0.3 is 0 Å². The van der Waals surface area contributed by atoms with Gasteiger partial charge < -0.3 is 25.4 Å². The molecule has 3 aromatic rings. The molecule has 0 fully saturated rings. The summed E-state index contributed by atoms with van der Waals surface area (Å²) in [5.74, 6) is -0.692. The number of hydrogen-bond acceptors (Lipinski definition) is 10. The van der Waals surface area contributed by atoms with Crippen LogP contribution in [0.15, 0.2) is 33.8 Å². The molecule has 2 heterocycles. The van der Waals surface area contributed by atoms with Crippen molar-refractivity contribution in [3.63, 3.8) is 0 Å². The van der Waals surface area contributed by atoms with Crippen molar-refractivity contribution in [1.29, 1.82) is 10.5 Å². The van der Waals surface area contributed by atoms with E-state index in [-0.39, 0.29) is 39.1 Å². The second kappa shape index (κ2) is 9.89. The summed E-state index contributed by atoms with van der Waals surface area (Å²) in [6.07, 6.45) is 0. The number of nitrogens with one attached hydrogen (secondary N) is 1. The highest BCUT2D eigenvalue weighted by molar-refractivity contribution is 8.00. The Balaban J connectivity index is 1.92. The molecule has 0 spiro atoms. The van der Waals surface area contributed by atoms with E-state index in [0.717, 1.165) is 16.4 Å². The summed E-state index contributed by atoms with van der Waals surface area (Å²) in [5.41, 5.74) is 6.12. The first kappa shape index (κ1) is 23.4. The number of nitrogen functional groups attached to an aromatic ring is 1. The number of rotatable bonds is 7. The molecule has 0 aliphatic rings. The van der Waals surface area contributed by atoms with Gasteiger partial charge in [0.05, 0.1) is 28.3 Å². The number of pyridine rings is 1. The molecule has 3 N–H and O–H groups in total. The van der Waals surface area contributed by atoms with Crippen LogP contribution in [0.4, 0.5) is 11.5 Å². The Morgan fingerprint density at radius 1 is 1.33 bits per heavy atom. The number of aromatic nitrogens is 3. The Morgan fingerprint density at radius 2 is 2.00 bits per heavy atom. The van der Waals surface area contributed by atoms with E-state index in [4.69, 9.17) is 10.5 Å².